The van der Waals surface area contributed by atoms with Gasteiger partial charge in [0.1, 0.15) is 17.6 Å². The number of fused-ring (bicyclic) bond motifs is 1. The Kier molecular flexibility index (Phi) is 4.81. The predicted molar refractivity (Wildman–Crippen MR) is 96.8 cm³/mol. The molecule has 0 aliphatic carbocycles. The number of carboxylic acid groups (broad SMARTS) is 1. The maximum absolute atomic E-state index is 11.9. The first kappa shape index (κ1) is 17.5. The standard InChI is InChI=1S/C19H25N3O3/c1-12-13(2)20-14(3)22-17(12)10-21(11-18(22)19(23)24)9-15-5-7-16(25-4)8-6-15/h5-8,13,18H,9-11H2,1-4H3,(H,23,24)/t13-,18-/m0/s1. The van der Waals surface area contributed by atoms with Gasteiger partial charge in [-0.15, -0.1) is 0 Å². The van der Waals surface area contributed by atoms with E-state index in [9.17, 15) is 9.90 Å². The first-order valence-electron chi connectivity index (χ1n) is 8.52. The molecule has 6 nitrogen and oxygen atoms in total. The monoisotopic (exact) mass is 343 g/mol. The molecule has 1 aromatic rings. The number of hydrogen-bond acceptors (Lipinski definition) is 5. The summed E-state index contributed by atoms with van der Waals surface area (Å²) in [5.41, 5.74) is 3.37. The largest absolute Gasteiger partial charge is 0.497 e. The van der Waals surface area contributed by atoms with Crippen molar-refractivity contribution in [3.63, 3.8) is 0 Å². The van der Waals surface area contributed by atoms with E-state index in [0.717, 1.165) is 35.0 Å². The summed E-state index contributed by atoms with van der Waals surface area (Å²) in [5, 5.41) is 9.74. The highest BCUT2D eigenvalue weighted by molar-refractivity contribution is 5.89. The van der Waals surface area contributed by atoms with Gasteiger partial charge in [0, 0.05) is 25.3 Å². The number of aliphatic carboxylic acids is 1. The van der Waals surface area contributed by atoms with E-state index < -0.39 is 12.0 Å². The molecule has 2 aliphatic rings. The van der Waals surface area contributed by atoms with Gasteiger partial charge in [-0.1, -0.05) is 12.1 Å². The third kappa shape index (κ3) is 3.39. The number of rotatable bonds is 4. The van der Waals surface area contributed by atoms with Crippen LogP contribution in [-0.2, 0) is 11.3 Å². The molecule has 0 amide bonds. The Balaban J connectivity index is 1.85. The molecule has 2 atom stereocenters. The fourth-order valence-corrected chi connectivity index (χ4v) is 3.58. The van der Waals surface area contributed by atoms with Crippen LogP contribution in [0.3, 0.4) is 0 Å². The zero-order valence-corrected chi connectivity index (χ0v) is 15.2. The lowest BCUT2D eigenvalue weighted by Gasteiger charge is -2.45. The molecule has 25 heavy (non-hydrogen) atoms. The molecule has 0 spiro atoms. The van der Waals surface area contributed by atoms with Gasteiger partial charge < -0.3 is 14.7 Å². The van der Waals surface area contributed by atoms with E-state index in [4.69, 9.17) is 4.74 Å². The lowest BCUT2D eigenvalue weighted by molar-refractivity contribution is -0.143. The molecule has 3 rings (SSSR count). The minimum absolute atomic E-state index is 0.0987. The summed E-state index contributed by atoms with van der Waals surface area (Å²) in [7, 11) is 1.65. The molecule has 0 radical (unpaired) electrons. The van der Waals surface area contributed by atoms with Crippen molar-refractivity contribution in [1.29, 1.82) is 0 Å². The third-order valence-corrected chi connectivity index (χ3v) is 5.07. The summed E-state index contributed by atoms with van der Waals surface area (Å²) in [6.07, 6.45) is 0. The van der Waals surface area contributed by atoms with Gasteiger partial charge in [-0.3, -0.25) is 9.89 Å². The highest BCUT2D eigenvalue weighted by atomic mass is 16.5. The van der Waals surface area contributed by atoms with E-state index in [1.807, 2.05) is 36.1 Å². The number of aliphatic imine (C=N–C) groups is 1. The molecule has 134 valence electrons. The number of carbonyl (C=O) groups is 1. The number of methoxy groups -OCH3 is 1. The number of benzene rings is 1. The Morgan fingerprint density at radius 3 is 2.60 bits per heavy atom. The van der Waals surface area contributed by atoms with Crippen molar-refractivity contribution in [2.24, 2.45) is 4.99 Å². The van der Waals surface area contributed by atoms with E-state index in [2.05, 4.69) is 23.7 Å². The molecule has 0 aromatic heterocycles. The fourth-order valence-electron chi connectivity index (χ4n) is 3.58. The summed E-state index contributed by atoms with van der Waals surface area (Å²) in [4.78, 5) is 20.6. The Bertz CT molecular complexity index is 724. The van der Waals surface area contributed by atoms with Crippen LogP contribution in [0, 0.1) is 0 Å². The van der Waals surface area contributed by atoms with Crippen molar-refractivity contribution in [2.45, 2.75) is 39.4 Å². The smallest absolute Gasteiger partial charge is 0.328 e. The highest BCUT2D eigenvalue weighted by Crippen LogP contribution is 2.30. The first-order chi connectivity index (χ1) is 11.9. The Hall–Kier alpha value is -2.34. The molecule has 1 saturated heterocycles. The van der Waals surface area contributed by atoms with Crippen LogP contribution in [0.15, 0.2) is 40.5 Å². The van der Waals surface area contributed by atoms with Crippen molar-refractivity contribution in [2.75, 3.05) is 20.2 Å². The Morgan fingerprint density at radius 2 is 2.00 bits per heavy atom. The number of hydrogen-bond donors (Lipinski definition) is 1. The van der Waals surface area contributed by atoms with Crippen molar-refractivity contribution in [3.8, 4) is 5.75 Å². The van der Waals surface area contributed by atoms with Crippen molar-refractivity contribution >= 4 is 11.8 Å². The normalized spacial score (nSPS) is 24.0. The quantitative estimate of drug-likeness (QED) is 0.909. The summed E-state index contributed by atoms with van der Waals surface area (Å²) >= 11 is 0. The summed E-state index contributed by atoms with van der Waals surface area (Å²) in [6.45, 7) is 7.93. The zero-order chi connectivity index (χ0) is 18.1. The molecular formula is C19H25N3O3. The van der Waals surface area contributed by atoms with Crippen molar-refractivity contribution in [3.05, 3.63) is 41.1 Å². The first-order valence-corrected chi connectivity index (χ1v) is 8.52. The van der Waals surface area contributed by atoms with Crippen LogP contribution < -0.4 is 4.74 Å². The average molecular weight is 343 g/mol. The lowest BCUT2D eigenvalue weighted by Crippen LogP contribution is -2.58. The van der Waals surface area contributed by atoms with E-state index in [1.165, 1.54) is 0 Å². The van der Waals surface area contributed by atoms with Gasteiger partial charge in [-0.2, -0.15) is 0 Å². The molecule has 0 bridgehead atoms. The number of amidine groups is 1. The molecule has 6 heteroatoms. The van der Waals surface area contributed by atoms with Gasteiger partial charge in [0.25, 0.3) is 0 Å². The van der Waals surface area contributed by atoms with Crippen molar-refractivity contribution < 1.29 is 14.6 Å². The number of carboxylic acids is 1. The van der Waals surface area contributed by atoms with Crippen LogP contribution in [0.25, 0.3) is 0 Å². The van der Waals surface area contributed by atoms with Crippen LogP contribution >= 0.6 is 0 Å². The molecule has 1 fully saturated rings. The van der Waals surface area contributed by atoms with Crippen LogP contribution in [-0.4, -0.2) is 59.0 Å². The van der Waals surface area contributed by atoms with Crippen LogP contribution in [0.5, 0.6) is 5.75 Å². The second-order valence-corrected chi connectivity index (χ2v) is 6.72. The molecule has 1 N–H and O–H groups in total. The van der Waals surface area contributed by atoms with Gasteiger partial charge in [0.05, 0.1) is 13.2 Å². The number of ether oxygens (including phenoxy) is 1. The SMILES string of the molecule is COc1ccc(CN2CC3=C(C)[C@H](C)N=C(C)N3[C@H](C(=O)O)C2)cc1. The van der Waals surface area contributed by atoms with Crippen LogP contribution in [0.4, 0.5) is 0 Å². The minimum Gasteiger partial charge on any atom is -0.497 e. The van der Waals surface area contributed by atoms with Crippen molar-refractivity contribution in [1.82, 2.24) is 9.80 Å². The second-order valence-electron chi connectivity index (χ2n) is 6.72. The second kappa shape index (κ2) is 6.88. The van der Waals surface area contributed by atoms with Crippen LogP contribution in [0.1, 0.15) is 26.3 Å². The molecule has 2 heterocycles. The zero-order valence-electron chi connectivity index (χ0n) is 15.2. The number of piperazine rings is 1. The maximum atomic E-state index is 11.9. The van der Waals surface area contributed by atoms with E-state index in [1.54, 1.807) is 7.11 Å². The third-order valence-electron chi connectivity index (χ3n) is 5.07. The van der Waals surface area contributed by atoms with Gasteiger partial charge in [0.15, 0.2) is 0 Å². The lowest BCUT2D eigenvalue weighted by atomic mass is 9.99. The number of nitrogens with zero attached hydrogens (tertiary/aromatic N) is 3. The molecule has 0 saturated carbocycles. The van der Waals surface area contributed by atoms with Gasteiger partial charge in [-0.05, 0) is 44.0 Å². The van der Waals surface area contributed by atoms with Gasteiger partial charge in [0.2, 0.25) is 0 Å². The highest BCUT2D eigenvalue weighted by Gasteiger charge is 2.39. The van der Waals surface area contributed by atoms with Gasteiger partial charge >= 0.3 is 5.97 Å². The van der Waals surface area contributed by atoms with Gasteiger partial charge in [-0.25, -0.2) is 4.79 Å². The summed E-state index contributed by atoms with van der Waals surface area (Å²) in [5.74, 6) is 0.807. The Labute approximate surface area is 148 Å². The van der Waals surface area contributed by atoms with Crippen LogP contribution in [0.2, 0.25) is 0 Å². The van der Waals surface area contributed by atoms with E-state index in [0.29, 0.717) is 13.1 Å². The Morgan fingerprint density at radius 1 is 1.32 bits per heavy atom. The predicted octanol–water partition coefficient (Wildman–Crippen LogP) is 2.36. The maximum Gasteiger partial charge on any atom is 0.328 e. The molecule has 0 unspecified atom stereocenters. The van der Waals surface area contributed by atoms with E-state index >= 15 is 0 Å². The summed E-state index contributed by atoms with van der Waals surface area (Å²) in [6, 6.07) is 7.42. The topological polar surface area (TPSA) is 65.4 Å². The average Bonchev–Trinajstić information content (AvgIpc) is 2.59. The molecule has 2 aliphatic heterocycles. The molecule has 1 aromatic carbocycles. The minimum atomic E-state index is -0.811. The fraction of sp³-hybridized carbons (Fsp3) is 0.474. The van der Waals surface area contributed by atoms with E-state index in [-0.39, 0.29) is 6.04 Å². The molecular weight excluding hydrogens is 318 g/mol. The summed E-state index contributed by atoms with van der Waals surface area (Å²) < 4.78 is 5.20.